The van der Waals surface area contributed by atoms with Gasteiger partial charge in [0.05, 0.1) is 24.8 Å². The third-order valence-corrected chi connectivity index (χ3v) is 3.66. The van der Waals surface area contributed by atoms with E-state index in [0.29, 0.717) is 6.61 Å². The van der Waals surface area contributed by atoms with Crippen molar-refractivity contribution < 1.29 is 9.53 Å². The molecule has 0 saturated heterocycles. The highest BCUT2D eigenvalue weighted by Gasteiger charge is 1.98. The molecule has 0 spiro atoms. The Morgan fingerprint density at radius 3 is 2.32 bits per heavy atom. The minimum Gasteiger partial charge on any atom is -0.463 e. The summed E-state index contributed by atoms with van der Waals surface area (Å²) in [7, 11) is 0. The van der Waals surface area contributed by atoms with Gasteiger partial charge >= 0.3 is 5.97 Å². The van der Waals surface area contributed by atoms with Crippen LogP contribution in [0.4, 0.5) is 0 Å². The summed E-state index contributed by atoms with van der Waals surface area (Å²) in [4.78, 5) is 18.2. The lowest BCUT2D eigenvalue weighted by Crippen LogP contribution is -2.02. The summed E-state index contributed by atoms with van der Waals surface area (Å²) in [5.41, 5.74) is 0.802. The second-order valence-electron chi connectivity index (χ2n) is 5.69. The van der Waals surface area contributed by atoms with Crippen molar-refractivity contribution in [3.63, 3.8) is 0 Å². The highest BCUT2D eigenvalue weighted by molar-refractivity contribution is 5.86. The number of aromatic nitrogens is 2. The lowest BCUT2D eigenvalue weighted by atomic mass is 10.1. The van der Waals surface area contributed by atoms with Crippen molar-refractivity contribution in [2.24, 2.45) is 0 Å². The Hall–Kier alpha value is -1.58. The van der Waals surface area contributed by atoms with Crippen molar-refractivity contribution in [2.45, 2.75) is 71.1 Å². The largest absolute Gasteiger partial charge is 0.463 e. The van der Waals surface area contributed by atoms with Crippen LogP contribution in [0.25, 0.3) is 6.08 Å². The molecule has 0 bridgehead atoms. The van der Waals surface area contributed by atoms with Crippen molar-refractivity contribution in [2.75, 3.05) is 6.61 Å². The van der Waals surface area contributed by atoms with Gasteiger partial charge in [-0.2, -0.15) is 0 Å². The first-order valence-electron chi connectivity index (χ1n) is 8.66. The Morgan fingerprint density at radius 1 is 1.09 bits per heavy atom. The molecule has 0 aliphatic rings. The molecule has 0 saturated carbocycles. The maximum Gasteiger partial charge on any atom is 0.330 e. The Labute approximate surface area is 134 Å². The van der Waals surface area contributed by atoms with E-state index in [1.807, 2.05) is 0 Å². The lowest BCUT2D eigenvalue weighted by molar-refractivity contribution is -0.137. The van der Waals surface area contributed by atoms with Crippen molar-refractivity contribution in [3.05, 3.63) is 24.3 Å². The number of aromatic amines is 1. The molecule has 1 heterocycles. The average Bonchev–Trinajstić information content (AvgIpc) is 3.04. The van der Waals surface area contributed by atoms with E-state index >= 15 is 0 Å². The Bertz CT molecular complexity index is 399. The van der Waals surface area contributed by atoms with E-state index < -0.39 is 0 Å². The van der Waals surface area contributed by atoms with Crippen molar-refractivity contribution in [3.8, 4) is 0 Å². The van der Waals surface area contributed by atoms with E-state index in [1.165, 1.54) is 57.4 Å². The fourth-order valence-electron chi connectivity index (χ4n) is 2.33. The molecular formula is C18H30N2O2. The quantitative estimate of drug-likeness (QED) is 0.321. The van der Waals surface area contributed by atoms with Crippen LogP contribution < -0.4 is 0 Å². The molecule has 0 aliphatic heterocycles. The predicted molar refractivity (Wildman–Crippen MR) is 90.4 cm³/mol. The summed E-state index contributed by atoms with van der Waals surface area (Å²) in [5.74, 6) is -0.287. The number of hydrogen-bond acceptors (Lipinski definition) is 3. The summed E-state index contributed by atoms with van der Waals surface area (Å²) in [6.07, 6.45) is 19.2. The molecule has 124 valence electrons. The number of unbranched alkanes of at least 4 members (excludes halogenated alkanes) is 9. The summed E-state index contributed by atoms with van der Waals surface area (Å²) in [5, 5.41) is 0. The fourth-order valence-corrected chi connectivity index (χ4v) is 2.33. The van der Waals surface area contributed by atoms with Crippen LogP contribution in [0.2, 0.25) is 0 Å². The molecule has 0 radical (unpaired) electrons. The summed E-state index contributed by atoms with van der Waals surface area (Å²) >= 11 is 0. The molecule has 0 atom stereocenters. The van der Waals surface area contributed by atoms with Gasteiger partial charge in [0.1, 0.15) is 0 Å². The Kier molecular flexibility index (Phi) is 11.0. The molecule has 0 aromatic carbocycles. The van der Waals surface area contributed by atoms with Gasteiger partial charge in [0.15, 0.2) is 0 Å². The zero-order chi connectivity index (χ0) is 15.9. The van der Waals surface area contributed by atoms with Crippen LogP contribution in [0.5, 0.6) is 0 Å². The first kappa shape index (κ1) is 18.5. The van der Waals surface area contributed by atoms with E-state index in [9.17, 15) is 4.79 Å². The van der Waals surface area contributed by atoms with Gasteiger partial charge in [0.25, 0.3) is 0 Å². The number of ether oxygens (including phenoxy) is 1. The molecule has 0 unspecified atom stereocenters. The maximum atomic E-state index is 11.5. The molecule has 1 N–H and O–H groups in total. The first-order valence-corrected chi connectivity index (χ1v) is 8.66. The Balaban J connectivity index is 1.86. The predicted octanol–water partition coefficient (Wildman–Crippen LogP) is 4.89. The molecule has 1 aromatic rings. The van der Waals surface area contributed by atoms with Crippen molar-refractivity contribution in [1.82, 2.24) is 9.97 Å². The molecule has 4 heteroatoms. The monoisotopic (exact) mass is 306 g/mol. The fraction of sp³-hybridized carbons (Fsp3) is 0.667. The number of nitrogens with one attached hydrogen (secondary N) is 1. The minimum atomic E-state index is -0.287. The molecule has 0 aliphatic carbocycles. The SMILES string of the molecule is CCCCCCCCCCCCOC(=O)/C=C/c1cnc[nH]1. The van der Waals surface area contributed by atoms with Crippen LogP contribution >= 0.6 is 0 Å². The van der Waals surface area contributed by atoms with Gasteiger partial charge in [-0.05, 0) is 12.5 Å². The number of nitrogens with zero attached hydrogens (tertiary/aromatic N) is 1. The number of H-pyrrole nitrogens is 1. The molecule has 1 aromatic heterocycles. The molecular weight excluding hydrogens is 276 g/mol. The van der Waals surface area contributed by atoms with Crippen LogP contribution in [0, 0.1) is 0 Å². The molecule has 0 fully saturated rings. The van der Waals surface area contributed by atoms with Gasteiger partial charge in [-0.1, -0.05) is 64.7 Å². The molecule has 0 amide bonds. The number of esters is 1. The number of carbonyl (C=O) groups excluding carboxylic acids is 1. The summed E-state index contributed by atoms with van der Waals surface area (Å²) in [6, 6.07) is 0. The smallest absolute Gasteiger partial charge is 0.330 e. The first-order chi connectivity index (χ1) is 10.8. The molecule has 22 heavy (non-hydrogen) atoms. The zero-order valence-electron chi connectivity index (χ0n) is 13.9. The minimum absolute atomic E-state index is 0.287. The second kappa shape index (κ2) is 13.1. The van der Waals surface area contributed by atoms with Gasteiger partial charge < -0.3 is 9.72 Å². The van der Waals surface area contributed by atoms with Gasteiger partial charge in [-0.3, -0.25) is 0 Å². The van der Waals surface area contributed by atoms with Gasteiger partial charge in [-0.25, -0.2) is 9.78 Å². The highest BCUT2D eigenvalue weighted by Crippen LogP contribution is 2.10. The second-order valence-corrected chi connectivity index (χ2v) is 5.69. The normalized spacial score (nSPS) is 11.1. The van der Waals surface area contributed by atoms with Crippen LogP contribution in [0.15, 0.2) is 18.6 Å². The van der Waals surface area contributed by atoms with E-state index in [0.717, 1.165) is 18.5 Å². The topological polar surface area (TPSA) is 55.0 Å². The van der Waals surface area contributed by atoms with Crippen LogP contribution in [-0.4, -0.2) is 22.5 Å². The van der Waals surface area contributed by atoms with Crippen LogP contribution in [0.1, 0.15) is 76.8 Å². The number of hydrogen-bond donors (Lipinski definition) is 1. The summed E-state index contributed by atoms with van der Waals surface area (Å²) in [6.45, 7) is 2.77. The highest BCUT2D eigenvalue weighted by atomic mass is 16.5. The van der Waals surface area contributed by atoms with Crippen molar-refractivity contribution in [1.29, 1.82) is 0 Å². The maximum absolute atomic E-state index is 11.5. The van der Waals surface area contributed by atoms with Crippen LogP contribution in [-0.2, 0) is 9.53 Å². The van der Waals surface area contributed by atoms with E-state index in [-0.39, 0.29) is 5.97 Å². The third kappa shape index (κ3) is 10.2. The van der Waals surface area contributed by atoms with E-state index in [4.69, 9.17) is 4.74 Å². The number of rotatable bonds is 13. The zero-order valence-corrected chi connectivity index (χ0v) is 13.9. The van der Waals surface area contributed by atoms with Gasteiger partial charge in [-0.15, -0.1) is 0 Å². The van der Waals surface area contributed by atoms with Crippen LogP contribution in [0.3, 0.4) is 0 Å². The Morgan fingerprint density at radius 2 is 1.73 bits per heavy atom. The number of carbonyl (C=O) groups is 1. The van der Waals surface area contributed by atoms with Crippen molar-refractivity contribution >= 4 is 12.0 Å². The van der Waals surface area contributed by atoms with E-state index in [2.05, 4.69) is 16.9 Å². The van der Waals surface area contributed by atoms with Gasteiger partial charge in [0, 0.05) is 6.08 Å². The number of imidazole rings is 1. The summed E-state index contributed by atoms with van der Waals surface area (Å²) < 4.78 is 5.15. The molecule has 1 rings (SSSR count). The molecule has 4 nitrogen and oxygen atoms in total. The average molecular weight is 306 g/mol. The van der Waals surface area contributed by atoms with E-state index in [1.54, 1.807) is 18.6 Å². The van der Waals surface area contributed by atoms with Gasteiger partial charge in [0.2, 0.25) is 0 Å². The standard InChI is InChI=1S/C18H30N2O2/c1-2-3-4-5-6-7-8-9-10-11-14-22-18(21)13-12-17-15-19-16-20-17/h12-13,15-16H,2-11,14H2,1H3,(H,19,20)/b13-12+. The lowest BCUT2D eigenvalue weighted by Gasteiger charge is -2.03. The third-order valence-electron chi connectivity index (χ3n) is 3.66.